The van der Waals surface area contributed by atoms with Gasteiger partial charge >= 0.3 is 5.43 Å². The molecule has 1 fully saturated rings. The molecule has 0 amide bonds. The van der Waals surface area contributed by atoms with Crippen molar-refractivity contribution in [2.75, 3.05) is 0 Å². The highest BCUT2D eigenvalue weighted by Gasteiger charge is 2.52. The lowest BCUT2D eigenvalue weighted by Crippen LogP contribution is -2.26. The molecule has 12 heavy (non-hydrogen) atoms. The summed E-state index contributed by atoms with van der Waals surface area (Å²) < 4.78 is 4.74. The number of hydrogen-bond acceptors (Lipinski definition) is 3. The van der Waals surface area contributed by atoms with E-state index >= 15 is 0 Å². The first-order chi connectivity index (χ1) is 5.60. The highest BCUT2D eigenvalue weighted by Crippen LogP contribution is 2.42. The van der Waals surface area contributed by atoms with E-state index in [1.165, 1.54) is 0 Å². The maximum absolute atomic E-state index is 11.3. The van der Waals surface area contributed by atoms with Gasteiger partial charge in [0.25, 0.3) is 0 Å². The molecule has 1 aliphatic rings. The monoisotopic (exact) mass is 190 g/mol. The second-order valence-corrected chi connectivity index (χ2v) is 3.32. The summed E-state index contributed by atoms with van der Waals surface area (Å²) in [5.41, 5.74) is -1.72. The second-order valence-electron chi connectivity index (χ2n) is 3.01. The van der Waals surface area contributed by atoms with Gasteiger partial charge in [0.2, 0.25) is 0 Å². The number of carbonyl (C=O) groups excluding carboxylic acids is 2. The highest BCUT2D eigenvalue weighted by molar-refractivity contribution is 6.61. The van der Waals surface area contributed by atoms with Crippen molar-refractivity contribution in [1.29, 1.82) is 0 Å². The largest absolute Gasteiger partial charge is 0.439 e. The Balaban J connectivity index is 2.48. The van der Waals surface area contributed by atoms with Crippen molar-refractivity contribution in [1.82, 2.24) is 0 Å². The molecule has 0 aromatic carbocycles. The molecular formula is C8H11ClO3. The van der Waals surface area contributed by atoms with Crippen molar-refractivity contribution in [2.45, 2.75) is 38.2 Å². The number of halogens is 1. The topological polar surface area (TPSA) is 43.4 Å². The first-order valence-electron chi connectivity index (χ1n) is 4.02. The summed E-state index contributed by atoms with van der Waals surface area (Å²) in [6.07, 6.45) is 2.50. The van der Waals surface area contributed by atoms with Gasteiger partial charge in [0.15, 0.2) is 11.4 Å². The number of carbonyl (C=O) groups is 2. The van der Waals surface area contributed by atoms with Crippen molar-refractivity contribution < 1.29 is 14.3 Å². The van der Waals surface area contributed by atoms with Crippen molar-refractivity contribution >= 4 is 22.8 Å². The number of Topliss-reactive ketones (excluding diaryl/α,β-unsaturated/α-hetero) is 1. The number of ether oxygens (including phenoxy) is 1. The summed E-state index contributed by atoms with van der Waals surface area (Å²) in [7, 11) is 0. The van der Waals surface area contributed by atoms with Crippen molar-refractivity contribution in [2.24, 2.45) is 0 Å². The third-order valence-electron chi connectivity index (χ3n) is 1.96. The third kappa shape index (κ3) is 1.97. The quantitative estimate of drug-likeness (QED) is 0.639. The molecule has 0 aliphatic heterocycles. The van der Waals surface area contributed by atoms with Gasteiger partial charge in [-0.1, -0.05) is 6.92 Å². The summed E-state index contributed by atoms with van der Waals surface area (Å²) in [6, 6.07) is 0. The van der Waals surface area contributed by atoms with Crippen LogP contribution in [0, 0.1) is 0 Å². The Hall–Kier alpha value is -0.570. The Morgan fingerprint density at radius 2 is 2.08 bits per heavy atom. The minimum atomic E-state index is -0.878. The molecule has 1 rings (SSSR count). The zero-order valence-electron chi connectivity index (χ0n) is 6.93. The van der Waals surface area contributed by atoms with Crippen LogP contribution in [0.25, 0.3) is 0 Å². The molecule has 0 N–H and O–H groups in total. The van der Waals surface area contributed by atoms with Crippen LogP contribution in [0.1, 0.15) is 32.6 Å². The van der Waals surface area contributed by atoms with Gasteiger partial charge in [-0.25, -0.2) is 4.79 Å². The van der Waals surface area contributed by atoms with Crippen LogP contribution in [0.2, 0.25) is 0 Å². The van der Waals surface area contributed by atoms with Crippen LogP contribution in [0.3, 0.4) is 0 Å². The smallest absolute Gasteiger partial charge is 0.404 e. The Labute approximate surface area is 76.0 Å². The fourth-order valence-corrected chi connectivity index (χ4v) is 1.31. The van der Waals surface area contributed by atoms with Gasteiger partial charge in [-0.05, 0) is 19.3 Å². The lowest BCUT2D eigenvalue weighted by molar-refractivity contribution is -0.128. The van der Waals surface area contributed by atoms with Gasteiger partial charge in [0, 0.05) is 18.0 Å². The van der Waals surface area contributed by atoms with Crippen LogP contribution < -0.4 is 0 Å². The van der Waals surface area contributed by atoms with Gasteiger partial charge < -0.3 is 4.74 Å². The van der Waals surface area contributed by atoms with Crippen molar-refractivity contribution in [3.05, 3.63) is 0 Å². The van der Waals surface area contributed by atoms with Crippen LogP contribution in [-0.2, 0) is 9.53 Å². The molecule has 0 spiro atoms. The first-order valence-corrected chi connectivity index (χ1v) is 4.40. The highest BCUT2D eigenvalue weighted by atomic mass is 35.5. The van der Waals surface area contributed by atoms with Crippen molar-refractivity contribution in [3.63, 3.8) is 0 Å². The standard InChI is InChI=1S/C8H11ClO3/c1-2-3-6(10)8(4-5-8)12-7(9)11/h2-5H2,1H3. The van der Waals surface area contributed by atoms with E-state index in [-0.39, 0.29) is 5.78 Å². The molecule has 1 aliphatic carbocycles. The molecule has 1 saturated carbocycles. The number of ketones is 1. The molecule has 4 heteroatoms. The minimum Gasteiger partial charge on any atom is -0.439 e. The Morgan fingerprint density at radius 3 is 2.42 bits per heavy atom. The van der Waals surface area contributed by atoms with Crippen LogP contribution >= 0.6 is 11.6 Å². The van der Waals surface area contributed by atoms with Crippen LogP contribution in [0.15, 0.2) is 0 Å². The van der Waals surface area contributed by atoms with Crippen molar-refractivity contribution in [3.8, 4) is 0 Å². The molecule has 0 aromatic heterocycles. The molecule has 0 radical (unpaired) electrons. The van der Waals surface area contributed by atoms with E-state index in [4.69, 9.17) is 16.3 Å². The zero-order valence-corrected chi connectivity index (χ0v) is 7.69. The van der Waals surface area contributed by atoms with E-state index < -0.39 is 11.0 Å². The van der Waals surface area contributed by atoms with E-state index in [1.807, 2.05) is 6.92 Å². The maximum atomic E-state index is 11.3. The maximum Gasteiger partial charge on any atom is 0.404 e. The SMILES string of the molecule is CCCC(=O)C1(OC(=O)Cl)CC1. The summed E-state index contributed by atoms with van der Waals surface area (Å²) in [5, 5.41) is 0. The third-order valence-corrected chi connectivity index (χ3v) is 2.04. The fraction of sp³-hybridized carbons (Fsp3) is 0.750. The molecule has 0 unspecified atom stereocenters. The van der Waals surface area contributed by atoms with E-state index in [0.717, 1.165) is 6.42 Å². The molecular weight excluding hydrogens is 180 g/mol. The minimum absolute atomic E-state index is 0.000926. The van der Waals surface area contributed by atoms with Crippen LogP contribution in [-0.4, -0.2) is 16.8 Å². The Kier molecular flexibility index (Phi) is 2.73. The molecule has 0 heterocycles. The summed E-state index contributed by atoms with van der Waals surface area (Å²) in [6.45, 7) is 1.91. The average Bonchev–Trinajstić information content (AvgIpc) is 2.69. The Morgan fingerprint density at radius 1 is 1.50 bits per heavy atom. The predicted octanol–water partition coefficient (Wildman–Crippen LogP) is 2.26. The van der Waals surface area contributed by atoms with E-state index in [1.54, 1.807) is 0 Å². The average molecular weight is 191 g/mol. The Bertz CT molecular complexity index is 208. The van der Waals surface area contributed by atoms with Gasteiger partial charge in [-0.2, -0.15) is 0 Å². The van der Waals surface area contributed by atoms with Crippen LogP contribution in [0.4, 0.5) is 4.79 Å². The van der Waals surface area contributed by atoms with Crippen LogP contribution in [0.5, 0.6) is 0 Å². The normalized spacial score (nSPS) is 18.5. The van der Waals surface area contributed by atoms with Gasteiger partial charge in [-0.15, -0.1) is 0 Å². The molecule has 0 saturated heterocycles. The number of hydrogen-bond donors (Lipinski definition) is 0. The molecule has 3 nitrogen and oxygen atoms in total. The van der Waals surface area contributed by atoms with Gasteiger partial charge in [-0.3, -0.25) is 4.79 Å². The lowest BCUT2D eigenvalue weighted by Gasteiger charge is -2.11. The van der Waals surface area contributed by atoms with E-state index in [0.29, 0.717) is 19.3 Å². The molecule has 68 valence electrons. The first kappa shape index (κ1) is 9.52. The number of rotatable bonds is 4. The lowest BCUT2D eigenvalue weighted by atomic mass is 10.1. The molecule has 0 aromatic rings. The van der Waals surface area contributed by atoms with Gasteiger partial charge in [0.05, 0.1) is 0 Å². The predicted molar refractivity (Wildman–Crippen MR) is 44.2 cm³/mol. The summed E-state index contributed by atoms with van der Waals surface area (Å²) >= 11 is 5.03. The summed E-state index contributed by atoms with van der Waals surface area (Å²) in [4.78, 5) is 21.7. The zero-order chi connectivity index (χ0) is 9.19. The fourth-order valence-electron chi connectivity index (χ4n) is 1.16. The molecule has 0 bridgehead atoms. The van der Waals surface area contributed by atoms with E-state index in [9.17, 15) is 9.59 Å². The van der Waals surface area contributed by atoms with Gasteiger partial charge in [0.1, 0.15) is 0 Å². The van der Waals surface area contributed by atoms with E-state index in [2.05, 4.69) is 0 Å². The summed E-state index contributed by atoms with van der Waals surface area (Å²) in [5.74, 6) is -0.000926. The second kappa shape index (κ2) is 3.44. The molecule has 0 atom stereocenters.